The molecule has 0 spiro atoms. The van der Waals surface area contributed by atoms with Gasteiger partial charge in [-0.1, -0.05) is 70.7 Å². The van der Waals surface area contributed by atoms with Crippen molar-refractivity contribution in [3.63, 3.8) is 0 Å². The summed E-state index contributed by atoms with van der Waals surface area (Å²) in [5.74, 6) is 2.64. The minimum absolute atomic E-state index is 0.317. The second-order valence-corrected chi connectivity index (χ2v) is 9.95. The predicted molar refractivity (Wildman–Crippen MR) is 158 cm³/mol. The van der Waals surface area contributed by atoms with Crippen molar-refractivity contribution in [1.29, 1.82) is 0 Å². The molecule has 1 aromatic heterocycles. The van der Waals surface area contributed by atoms with Crippen LogP contribution in [0.25, 0.3) is 6.08 Å². The lowest BCUT2D eigenvalue weighted by atomic mass is 9.87. The van der Waals surface area contributed by atoms with Gasteiger partial charge in [0.2, 0.25) is 5.28 Å². The third-order valence-corrected chi connectivity index (χ3v) is 6.18. The van der Waals surface area contributed by atoms with Crippen LogP contribution >= 0.6 is 11.6 Å². The average Bonchev–Trinajstić information content (AvgIpc) is 3.47. The zero-order valence-electron chi connectivity index (χ0n) is 22.7. The van der Waals surface area contributed by atoms with E-state index in [1.165, 1.54) is 11.3 Å². The first-order chi connectivity index (χ1) is 17.3. The van der Waals surface area contributed by atoms with Gasteiger partial charge in [-0.2, -0.15) is 4.98 Å². The first-order valence-corrected chi connectivity index (χ1v) is 13.3. The topological polar surface area (TPSA) is 59.9 Å². The van der Waals surface area contributed by atoms with Gasteiger partial charge in [-0.15, -0.1) is 0 Å². The molecule has 0 radical (unpaired) electrons. The van der Waals surface area contributed by atoms with Crippen molar-refractivity contribution >= 4 is 35.0 Å². The van der Waals surface area contributed by atoms with Gasteiger partial charge in [0.15, 0.2) is 5.82 Å². The van der Waals surface area contributed by atoms with Gasteiger partial charge in [0.05, 0.1) is 12.2 Å². The molecule has 1 unspecified atom stereocenters. The highest BCUT2D eigenvalue weighted by Crippen LogP contribution is 2.28. The number of unbranched alkanes of at least 4 members (excludes halogenated alkanes) is 1. The Morgan fingerprint density at radius 1 is 1.11 bits per heavy atom. The number of halogens is 1. The monoisotopic (exact) mass is 510 g/mol. The largest absolute Gasteiger partial charge is 0.332 e. The smallest absolute Gasteiger partial charge is 0.202 e. The molecule has 0 aliphatic carbocycles. The number of nitrogens with zero attached hydrogens (tertiary/aromatic N) is 5. The van der Waals surface area contributed by atoms with Crippen LogP contribution in [-0.2, 0) is 0 Å². The van der Waals surface area contributed by atoms with Gasteiger partial charge >= 0.3 is 0 Å². The highest BCUT2D eigenvalue weighted by molar-refractivity contribution is 6.28. The van der Waals surface area contributed by atoms with E-state index in [1.807, 2.05) is 4.90 Å². The minimum atomic E-state index is 0.317. The number of aromatic amines is 1. The molecule has 2 heterocycles. The molecule has 0 saturated heterocycles. The Bertz CT molecular complexity index is 1010. The third kappa shape index (κ3) is 9.07. The number of aromatic nitrogens is 2. The lowest BCUT2D eigenvalue weighted by molar-refractivity contribution is 0.403. The molecule has 36 heavy (non-hydrogen) atoms. The van der Waals surface area contributed by atoms with Crippen molar-refractivity contribution in [2.45, 2.75) is 52.4 Å². The maximum absolute atomic E-state index is 5.80. The Kier molecular flexibility index (Phi) is 12.6. The van der Waals surface area contributed by atoms with Crippen molar-refractivity contribution < 1.29 is 0 Å². The number of hydrogen-bond acceptors (Lipinski definition) is 5. The lowest BCUT2D eigenvalue weighted by Gasteiger charge is -2.19. The molecule has 2 aromatic rings. The van der Waals surface area contributed by atoms with Crippen molar-refractivity contribution in [3.8, 4) is 0 Å². The van der Waals surface area contributed by atoms with E-state index in [1.54, 1.807) is 12.3 Å². The Balaban J connectivity index is 0.000000269. The van der Waals surface area contributed by atoms with E-state index in [0.717, 1.165) is 62.7 Å². The predicted octanol–water partition coefficient (Wildman–Crippen LogP) is 7.08. The van der Waals surface area contributed by atoms with Gasteiger partial charge in [0, 0.05) is 18.2 Å². The van der Waals surface area contributed by atoms with E-state index >= 15 is 0 Å². The van der Waals surface area contributed by atoms with E-state index in [-0.39, 0.29) is 0 Å². The first kappa shape index (κ1) is 29.5. The standard InChI is InChI=1S/C18H27N3.C11H16ClN3/c1-14(2)17(15-9-6-5-7-10-15)18-19-13-16(20-18)11-8-12-21(3)4;1-4-7-8-15(6-3)10-9(5-2)13-11(12)14-10/h5-7,9-10,14,17H,8,11-13H2,1-4H3;5-6H,2-4,7-8H2,1H3,(H,13,14). The Labute approximate surface area is 222 Å². The van der Waals surface area contributed by atoms with Crippen LogP contribution in [0.4, 0.5) is 5.82 Å². The molecule has 0 saturated carbocycles. The van der Waals surface area contributed by atoms with E-state index in [9.17, 15) is 0 Å². The summed E-state index contributed by atoms with van der Waals surface area (Å²) in [5, 5.41) is 0.378. The van der Waals surface area contributed by atoms with E-state index in [0.29, 0.717) is 17.1 Å². The lowest BCUT2D eigenvalue weighted by Crippen LogP contribution is -2.18. The number of benzene rings is 1. The SMILES string of the molecule is C=Cc1[nH]c(Cl)nc1N(C=C)CCCC.CC(C)C(C1=NCC(CCCN(C)C)=N1)c1ccccc1. The van der Waals surface area contributed by atoms with Crippen molar-refractivity contribution in [1.82, 2.24) is 14.9 Å². The number of imidazole rings is 1. The van der Waals surface area contributed by atoms with Crippen LogP contribution in [0, 0.1) is 5.92 Å². The van der Waals surface area contributed by atoms with Crippen LogP contribution in [0.1, 0.15) is 63.6 Å². The molecule has 1 atom stereocenters. The van der Waals surface area contributed by atoms with Crippen LogP contribution in [-0.4, -0.2) is 60.1 Å². The number of aliphatic imine (C=N–C) groups is 2. The Hall–Kier alpha value is -2.70. The highest BCUT2D eigenvalue weighted by Gasteiger charge is 2.24. The fraction of sp³-hybridized carbons (Fsp3) is 0.483. The van der Waals surface area contributed by atoms with Crippen LogP contribution in [0.3, 0.4) is 0 Å². The summed E-state index contributed by atoms with van der Waals surface area (Å²) >= 11 is 5.80. The molecule has 1 aliphatic rings. The fourth-order valence-electron chi connectivity index (χ4n) is 4.12. The second-order valence-electron chi connectivity index (χ2n) is 9.59. The summed E-state index contributed by atoms with van der Waals surface area (Å²) in [4.78, 5) is 20.9. The second kappa shape index (κ2) is 15.4. The highest BCUT2D eigenvalue weighted by atomic mass is 35.5. The molecular formula is C29H43ClN6. The number of amidine groups is 1. The van der Waals surface area contributed by atoms with E-state index in [2.05, 4.69) is 93.2 Å². The summed E-state index contributed by atoms with van der Waals surface area (Å²) in [5.41, 5.74) is 3.40. The van der Waals surface area contributed by atoms with Gasteiger partial charge in [0.25, 0.3) is 0 Å². The third-order valence-electron chi connectivity index (χ3n) is 6.00. The van der Waals surface area contributed by atoms with Gasteiger partial charge in [-0.3, -0.25) is 4.99 Å². The molecule has 6 nitrogen and oxygen atoms in total. The van der Waals surface area contributed by atoms with Crippen molar-refractivity contribution in [3.05, 3.63) is 66.2 Å². The van der Waals surface area contributed by atoms with Gasteiger partial charge in [-0.05, 0) is 75.3 Å². The number of anilines is 1. The van der Waals surface area contributed by atoms with Gasteiger partial charge in [0.1, 0.15) is 5.84 Å². The quantitative estimate of drug-likeness (QED) is 0.313. The average molecular weight is 511 g/mol. The molecule has 1 N–H and O–H groups in total. The molecular weight excluding hydrogens is 468 g/mol. The van der Waals surface area contributed by atoms with Crippen molar-refractivity contribution in [2.75, 3.05) is 38.6 Å². The number of nitrogens with one attached hydrogen (secondary N) is 1. The molecule has 196 valence electrons. The summed E-state index contributed by atoms with van der Waals surface area (Å²) in [7, 11) is 4.23. The number of rotatable bonds is 13. The summed E-state index contributed by atoms with van der Waals surface area (Å²) in [6, 6.07) is 10.6. The number of H-pyrrole nitrogens is 1. The van der Waals surface area contributed by atoms with Crippen molar-refractivity contribution in [2.24, 2.45) is 15.9 Å². The molecule has 1 aliphatic heterocycles. The molecule has 0 amide bonds. The zero-order chi connectivity index (χ0) is 26.5. The molecule has 7 heteroatoms. The molecule has 1 aromatic carbocycles. The summed E-state index contributed by atoms with van der Waals surface area (Å²) in [6.45, 7) is 16.9. The Morgan fingerprint density at radius 2 is 1.83 bits per heavy atom. The Morgan fingerprint density at radius 3 is 2.42 bits per heavy atom. The van der Waals surface area contributed by atoms with E-state index in [4.69, 9.17) is 21.6 Å². The molecule has 3 rings (SSSR count). The van der Waals surface area contributed by atoms with Crippen LogP contribution in [0.2, 0.25) is 5.28 Å². The maximum Gasteiger partial charge on any atom is 0.202 e. The minimum Gasteiger partial charge on any atom is -0.332 e. The van der Waals surface area contributed by atoms with Gasteiger partial charge < -0.3 is 14.8 Å². The first-order valence-electron chi connectivity index (χ1n) is 12.9. The van der Waals surface area contributed by atoms with Crippen LogP contribution in [0.5, 0.6) is 0 Å². The normalized spacial score (nSPS) is 13.7. The maximum atomic E-state index is 5.80. The zero-order valence-corrected chi connectivity index (χ0v) is 23.4. The van der Waals surface area contributed by atoms with Gasteiger partial charge in [-0.25, -0.2) is 4.99 Å². The number of hydrogen-bond donors (Lipinski definition) is 1. The van der Waals surface area contributed by atoms with E-state index < -0.39 is 0 Å². The summed E-state index contributed by atoms with van der Waals surface area (Å²) in [6.07, 6.45) is 7.90. The van der Waals surface area contributed by atoms with Crippen LogP contribution < -0.4 is 4.90 Å². The molecule has 0 fully saturated rings. The molecule has 0 bridgehead atoms. The fourth-order valence-corrected chi connectivity index (χ4v) is 4.30. The summed E-state index contributed by atoms with van der Waals surface area (Å²) < 4.78 is 0. The van der Waals surface area contributed by atoms with Crippen LogP contribution in [0.15, 0.2) is 59.7 Å².